The molecule has 0 bridgehead atoms. The molecule has 4 aliphatic heterocycles. The number of hydrogen-bond donors (Lipinski definition) is 1. The summed E-state index contributed by atoms with van der Waals surface area (Å²) in [4.78, 5) is 13.7. The third-order valence-corrected chi connectivity index (χ3v) is 17.5. The number of aliphatic imine (C=N–C) groups is 1. The summed E-state index contributed by atoms with van der Waals surface area (Å²) in [5.41, 5.74) is 23.4. The van der Waals surface area contributed by atoms with Crippen molar-refractivity contribution in [2.75, 3.05) is 9.80 Å². The maximum atomic E-state index is 5.62. The number of rotatable bonds is 6. The zero-order chi connectivity index (χ0) is 46.6. The lowest BCUT2D eigenvalue weighted by atomic mass is 9.86. The fraction of sp³-hybridized carbons (Fsp3) is 0.258. The van der Waals surface area contributed by atoms with Gasteiger partial charge in [-0.1, -0.05) is 152 Å². The van der Waals surface area contributed by atoms with Crippen LogP contribution in [0.4, 0.5) is 11.4 Å². The predicted molar refractivity (Wildman–Crippen MR) is 293 cm³/mol. The van der Waals surface area contributed by atoms with Crippen molar-refractivity contribution in [3.05, 3.63) is 255 Å². The fourth-order valence-corrected chi connectivity index (χ4v) is 14.3. The normalized spacial score (nSPS) is 28.8. The van der Waals surface area contributed by atoms with E-state index in [0.29, 0.717) is 23.9 Å². The lowest BCUT2D eigenvalue weighted by Crippen LogP contribution is -2.37. The highest BCUT2D eigenvalue weighted by atomic mass is 15.2. The van der Waals surface area contributed by atoms with Crippen LogP contribution in [0.3, 0.4) is 0 Å². The van der Waals surface area contributed by atoms with Crippen molar-refractivity contribution in [2.24, 2.45) is 16.8 Å². The number of benzene rings is 3. The molecule has 12 aliphatic rings. The molecule has 4 heterocycles. The van der Waals surface area contributed by atoms with Gasteiger partial charge in [0, 0.05) is 63.2 Å². The molecule has 71 heavy (non-hydrogen) atoms. The van der Waals surface area contributed by atoms with Crippen molar-refractivity contribution < 1.29 is 0 Å². The van der Waals surface area contributed by atoms with Crippen LogP contribution in [0.15, 0.2) is 221 Å². The molecule has 7 atom stereocenters. The summed E-state index contributed by atoms with van der Waals surface area (Å²) in [7, 11) is 0. The SMILES string of the molecule is C1=CC2C3=C(CCC=C3)N(C3=CC4c5cc(N6C7=C(C=CCC7)C7C=CC=CC76)ccc5N(C5=CC=C(C6=NC(c7cccc8c7CCC=C8)C=C(c7cccc8c7CCC=C8)N6)CC5)C4C=C3)C2C=C1. The van der Waals surface area contributed by atoms with Gasteiger partial charge in [0.2, 0.25) is 0 Å². The van der Waals surface area contributed by atoms with Crippen molar-refractivity contribution in [2.45, 2.75) is 94.3 Å². The molecule has 7 unspecified atom stereocenters. The predicted octanol–water partition coefficient (Wildman–Crippen LogP) is 14.3. The smallest absolute Gasteiger partial charge is 0.129 e. The minimum atomic E-state index is -0.0669. The van der Waals surface area contributed by atoms with E-state index in [-0.39, 0.29) is 18.0 Å². The van der Waals surface area contributed by atoms with Crippen LogP contribution >= 0.6 is 0 Å². The van der Waals surface area contributed by atoms with E-state index in [1.54, 1.807) is 0 Å². The maximum Gasteiger partial charge on any atom is 0.129 e. The van der Waals surface area contributed by atoms with Crippen LogP contribution in [-0.4, -0.2) is 28.9 Å². The molecule has 0 saturated carbocycles. The van der Waals surface area contributed by atoms with Crippen LogP contribution in [0.2, 0.25) is 0 Å². The van der Waals surface area contributed by atoms with E-state index in [9.17, 15) is 0 Å². The zero-order valence-corrected chi connectivity index (χ0v) is 40.3. The Kier molecular flexibility index (Phi) is 9.70. The Labute approximate surface area is 418 Å². The van der Waals surface area contributed by atoms with Crippen LogP contribution in [0.1, 0.15) is 102 Å². The minimum absolute atomic E-state index is 0.0669. The van der Waals surface area contributed by atoms with Crippen molar-refractivity contribution in [3.63, 3.8) is 0 Å². The molecule has 348 valence electrons. The molecule has 5 heteroatoms. The topological polar surface area (TPSA) is 34.1 Å². The second kappa shape index (κ2) is 16.6. The van der Waals surface area contributed by atoms with E-state index in [4.69, 9.17) is 4.99 Å². The standard InChI is InChI=1S/C66H59N5/c1-3-19-48-42(15-1)17-13-25-50(48)58-41-59(51-26-14-18-43-16-2-4-20-49(43)51)68-66(67-58)44-31-33-45(34-32-44)69-64-37-35-46(70-60-27-9-5-21-52(60)53-22-6-10-28-61(53)70)39-56(64)57-40-47(36-38-65(57)69)71-62-29-11-7-23-54(62)55-24-8-12-30-63(55)71/h1-2,5-9,11,13-18,21-27,29,31,33,35-41,52,54,56,58,60,62,64H,3-4,10,12,19-20,28,30,32,34H2,(H,67,68). The number of nitrogens with one attached hydrogen (secondary N) is 1. The number of amidine groups is 1. The lowest BCUT2D eigenvalue weighted by Gasteiger charge is -2.37. The summed E-state index contributed by atoms with van der Waals surface area (Å²) < 4.78 is 0. The second-order valence-corrected chi connectivity index (χ2v) is 21.2. The van der Waals surface area contributed by atoms with Crippen LogP contribution in [0, 0.1) is 11.8 Å². The fourth-order valence-electron chi connectivity index (χ4n) is 14.3. The summed E-state index contributed by atoms with van der Waals surface area (Å²) in [6.45, 7) is 0. The Morgan fingerprint density at radius 2 is 1.20 bits per heavy atom. The first kappa shape index (κ1) is 41.4. The van der Waals surface area contributed by atoms with E-state index < -0.39 is 0 Å². The molecule has 5 nitrogen and oxygen atoms in total. The second-order valence-electron chi connectivity index (χ2n) is 21.2. The highest BCUT2D eigenvalue weighted by Crippen LogP contribution is 2.53. The third-order valence-electron chi connectivity index (χ3n) is 17.5. The van der Waals surface area contributed by atoms with Gasteiger partial charge in [0.1, 0.15) is 5.84 Å². The Morgan fingerprint density at radius 1 is 0.521 bits per heavy atom. The highest BCUT2D eigenvalue weighted by molar-refractivity contribution is 6.05. The van der Waals surface area contributed by atoms with Crippen LogP contribution in [-0.2, 0) is 12.8 Å². The first-order valence-electron chi connectivity index (χ1n) is 26.7. The van der Waals surface area contributed by atoms with E-state index in [1.165, 1.54) is 95.5 Å². The molecule has 0 fully saturated rings. The Balaban J connectivity index is 0.817. The van der Waals surface area contributed by atoms with E-state index in [2.05, 4.69) is 208 Å². The number of nitrogens with zero attached hydrogens (tertiary/aromatic N) is 4. The van der Waals surface area contributed by atoms with Gasteiger partial charge >= 0.3 is 0 Å². The molecule has 1 N–H and O–H groups in total. The van der Waals surface area contributed by atoms with Crippen LogP contribution in [0.5, 0.6) is 0 Å². The molecule has 3 aromatic rings. The van der Waals surface area contributed by atoms with Crippen molar-refractivity contribution in [3.8, 4) is 0 Å². The van der Waals surface area contributed by atoms with E-state index in [1.807, 2.05) is 0 Å². The summed E-state index contributed by atoms with van der Waals surface area (Å²) in [6, 6.07) is 21.8. The zero-order valence-electron chi connectivity index (χ0n) is 40.3. The average molecular weight is 922 g/mol. The third kappa shape index (κ3) is 6.61. The number of allylic oxidation sites excluding steroid dienone is 16. The molecule has 0 spiro atoms. The molecule has 3 aromatic carbocycles. The summed E-state index contributed by atoms with van der Waals surface area (Å²) in [5, 5.41) is 3.96. The molecule has 0 saturated heterocycles. The lowest BCUT2D eigenvalue weighted by molar-refractivity contribution is 0.361. The van der Waals surface area contributed by atoms with Crippen LogP contribution < -0.4 is 15.1 Å². The van der Waals surface area contributed by atoms with Gasteiger partial charge in [-0.15, -0.1) is 0 Å². The van der Waals surface area contributed by atoms with Gasteiger partial charge in [-0.05, 0) is 151 Å². The first-order chi connectivity index (χ1) is 35.2. The molecule has 0 amide bonds. The van der Waals surface area contributed by atoms with Gasteiger partial charge in [-0.25, -0.2) is 0 Å². The number of anilines is 2. The van der Waals surface area contributed by atoms with Crippen molar-refractivity contribution >= 4 is 35.1 Å². The highest BCUT2D eigenvalue weighted by Gasteiger charge is 2.45. The van der Waals surface area contributed by atoms with Crippen LogP contribution in [0.25, 0.3) is 17.8 Å². The quantitative estimate of drug-likeness (QED) is 0.267. The van der Waals surface area contributed by atoms with Gasteiger partial charge in [0.05, 0.1) is 24.2 Å². The van der Waals surface area contributed by atoms with Gasteiger partial charge in [0.25, 0.3) is 0 Å². The Morgan fingerprint density at radius 3 is 1.97 bits per heavy atom. The van der Waals surface area contributed by atoms with E-state index >= 15 is 0 Å². The summed E-state index contributed by atoms with van der Waals surface area (Å²) in [5.74, 6) is 2.00. The minimum Gasteiger partial charge on any atom is -0.340 e. The average Bonchev–Trinajstić information content (AvgIpc) is 4.08. The first-order valence-corrected chi connectivity index (χ1v) is 26.7. The summed E-state index contributed by atoms with van der Waals surface area (Å²) >= 11 is 0. The summed E-state index contributed by atoms with van der Waals surface area (Å²) in [6.07, 6.45) is 62.9. The molecule has 15 rings (SSSR count). The molecule has 0 aromatic heterocycles. The Hall–Kier alpha value is -7.37. The van der Waals surface area contributed by atoms with Gasteiger partial charge < -0.3 is 20.0 Å². The van der Waals surface area contributed by atoms with Gasteiger partial charge in [-0.2, -0.15) is 0 Å². The number of hydrogen-bond acceptors (Lipinski definition) is 5. The monoisotopic (exact) mass is 921 g/mol. The number of fused-ring (bicyclic) bond motifs is 9. The molecular weight excluding hydrogens is 863 g/mol. The van der Waals surface area contributed by atoms with Crippen molar-refractivity contribution in [1.82, 2.24) is 10.2 Å². The van der Waals surface area contributed by atoms with Crippen molar-refractivity contribution in [1.29, 1.82) is 0 Å². The van der Waals surface area contributed by atoms with E-state index in [0.717, 1.165) is 70.0 Å². The largest absolute Gasteiger partial charge is 0.340 e. The molecular formula is C66H59N5. The van der Waals surface area contributed by atoms with Gasteiger partial charge in [-0.3, -0.25) is 4.99 Å². The van der Waals surface area contributed by atoms with Gasteiger partial charge in [0.15, 0.2) is 0 Å². The molecule has 8 aliphatic carbocycles. The molecule has 0 radical (unpaired) electrons. The Bertz CT molecular complexity index is 3360. The maximum absolute atomic E-state index is 5.62.